The highest BCUT2D eigenvalue weighted by Gasteiger charge is 2.47. The van der Waals surface area contributed by atoms with Crippen LogP contribution in [0.15, 0.2) is 24.3 Å². The van der Waals surface area contributed by atoms with Gasteiger partial charge in [-0.3, -0.25) is 9.69 Å². The Balaban J connectivity index is 1.40. The molecule has 0 aromatic heterocycles. The summed E-state index contributed by atoms with van der Waals surface area (Å²) in [5.74, 6) is 1.07. The van der Waals surface area contributed by atoms with Crippen molar-refractivity contribution < 1.29 is 9.53 Å². The van der Waals surface area contributed by atoms with Crippen LogP contribution in [-0.4, -0.2) is 61.1 Å². The van der Waals surface area contributed by atoms with E-state index in [0.29, 0.717) is 17.9 Å². The molecule has 3 fully saturated rings. The van der Waals surface area contributed by atoms with Crippen molar-refractivity contribution in [3.05, 3.63) is 35.4 Å². The van der Waals surface area contributed by atoms with Crippen molar-refractivity contribution in [3.8, 4) is 0 Å². The number of amides is 1. The Bertz CT molecular complexity index is 612. The number of hydrogen-bond donors (Lipinski definition) is 0. The first-order valence-corrected chi connectivity index (χ1v) is 9.90. The van der Waals surface area contributed by atoms with Crippen molar-refractivity contribution in [1.82, 2.24) is 9.80 Å². The number of nitrogens with zero attached hydrogens (tertiary/aromatic N) is 2. The molecule has 136 valence electrons. The number of rotatable bonds is 4. The minimum atomic E-state index is 0.214. The summed E-state index contributed by atoms with van der Waals surface area (Å²) < 4.78 is 5.46. The van der Waals surface area contributed by atoms with Crippen LogP contribution in [0.4, 0.5) is 0 Å². The van der Waals surface area contributed by atoms with Gasteiger partial charge in [0.1, 0.15) is 0 Å². The lowest BCUT2D eigenvalue weighted by Crippen LogP contribution is -2.51. The highest BCUT2D eigenvalue weighted by Crippen LogP contribution is 2.49. The molecule has 0 bridgehead atoms. The molecule has 4 heteroatoms. The number of likely N-dealkylation sites (tertiary alicyclic amines) is 1. The molecular formula is C21H30N2O2. The van der Waals surface area contributed by atoms with Gasteiger partial charge >= 0.3 is 0 Å². The van der Waals surface area contributed by atoms with E-state index >= 15 is 0 Å². The van der Waals surface area contributed by atoms with Crippen LogP contribution in [0.2, 0.25) is 0 Å². The fourth-order valence-electron chi connectivity index (χ4n) is 4.59. The Morgan fingerprint density at radius 2 is 1.96 bits per heavy atom. The number of piperidine rings is 1. The Labute approximate surface area is 151 Å². The van der Waals surface area contributed by atoms with Crippen LogP contribution in [0.1, 0.15) is 42.7 Å². The van der Waals surface area contributed by atoms with Crippen molar-refractivity contribution in [1.29, 1.82) is 0 Å². The molecule has 1 aromatic carbocycles. The monoisotopic (exact) mass is 342 g/mol. The zero-order valence-corrected chi connectivity index (χ0v) is 15.3. The first-order valence-electron chi connectivity index (χ1n) is 9.90. The first-order chi connectivity index (χ1) is 12.2. The number of aryl methyl sites for hydroxylation is 1. The summed E-state index contributed by atoms with van der Waals surface area (Å²) in [7, 11) is 0. The molecule has 3 aliphatic rings. The third kappa shape index (κ3) is 3.75. The summed E-state index contributed by atoms with van der Waals surface area (Å²) in [6.45, 7) is 7.82. The number of carbonyl (C=O) groups excluding carboxylic acids is 1. The van der Waals surface area contributed by atoms with Crippen LogP contribution in [-0.2, 0) is 9.53 Å². The van der Waals surface area contributed by atoms with E-state index in [4.69, 9.17) is 4.74 Å². The second-order valence-corrected chi connectivity index (χ2v) is 7.90. The Morgan fingerprint density at radius 3 is 2.76 bits per heavy atom. The fourth-order valence-corrected chi connectivity index (χ4v) is 4.59. The molecule has 0 N–H and O–H groups in total. The van der Waals surface area contributed by atoms with E-state index in [2.05, 4.69) is 41.0 Å². The molecule has 1 aromatic rings. The lowest BCUT2D eigenvalue weighted by Gasteiger charge is -2.40. The zero-order valence-electron chi connectivity index (χ0n) is 15.3. The molecule has 0 unspecified atom stereocenters. The maximum Gasteiger partial charge on any atom is 0.226 e. The predicted molar refractivity (Wildman–Crippen MR) is 98.6 cm³/mol. The molecule has 2 heterocycles. The van der Waals surface area contributed by atoms with Crippen LogP contribution in [0.5, 0.6) is 0 Å². The van der Waals surface area contributed by atoms with E-state index in [0.717, 1.165) is 58.7 Å². The van der Waals surface area contributed by atoms with Gasteiger partial charge in [-0.25, -0.2) is 0 Å². The average Bonchev–Trinajstić information content (AvgIpc) is 3.43. The molecule has 1 amide bonds. The molecule has 4 rings (SSSR count). The number of hydrogen-bond acceptors (Lipinski definition) is 3. The van der Waals surface area contributed by atoms with E-state index in [1.165, 1.54) is 17.5 Å². The van der Waals surface area contributed by atoms with Crippen molar-refractivity contribution in [2.45, 2.75) is 44.6 Å². The highest BCUT2D eigenvalue weighted by atomic mass is 16.5. The molecule has 0 radical (unpaired) electrons. The zero-order chi connectivity index (χ0) is 17.2. The van der Waals surface area contributed by atoms with Crippen LogP contribution < -0.4 is 0 Å². The summed E-state index contributed by atoms with van der Waals surface area (Å²) in [6, 6.07) is 8.95. The quantitative estimate of drug-likeness (QED) is 0.843. The van der Waals surface area contributed by atoms with Gasteiger partial charge < -0.3 is 9.64 Å². The van der Waals surface area contributed by atoms with Crippen molar-refractivity contribution >= 4 is 5.91 Å². The van der Waals surface area contributed by atoms with Gasteiger partial charge in [0.2, 0.25) is 5.91 Å². The van der Waals surface area contributed by atoms with E-state index < -0.39 is 0 Å². The Kier molecular flexibility index (Phi) is 5.09. The van der Waals surface area contributed by atoms with E-state index in [9.17, 15) is 4.79 Å². The second kappa shape index (κ2) is 7.46. The maximum atomic E-state index is 13.2. The SMILES string of the molecule is Cc1ccccc1[C@@H]1C[C@H]1C(=O)N1CCCC[C@@H]1CN1CCOCC1. The summed E-state index contributed by atoms with van der Waals surface area (Å²) in [5, 5.41) is 0. The van der Waals surface area contributed by atoms with Gasteiger partial charge in [-0.2, -0.15) is 0 Å². The van der Waals surface area contributed by atoms with E-state index in [1.807, 2.05) is 0 Å². The number of morpholine rings is 1. The topological polar surface area (TPSA) is 32.8 Å². The summed E-state index contributed by atoms with van der Waals surface area (Å²) in [6.07, 6.45) is 4.60. The van der Waals surface area contributed by atoms with Gasteiger partial charge in [0.05, 0.1) is 13.2 Å². The normalized spacial score (nSPS) is 30.3. The van der Waals surface area contributed by atoms with E-state index in [-0.39, 0.29) is 5.92 Å². The number of benzene rings is 1. The lowest BCUT2D eigenvalue weighted by molar-refractivity contribution is -0.137. The number of carbonyl (C=O) groups is 1. The molecule has 0 spiro atoms. The van der Waals surface area contributed by atoms with Crippen LogP contribution in [0.25, 0.3) is 0 Å². The second-order valence-electron chi connectivity index (χ2n) is 7.90. The van der Waals surface area contributed by atoms with Crippen molar-refractivity contribution in [2.24, 2.45) is 5.92 Å². The van der Waals surface area contributed by atoms with E-state index in [1.54, 1.807) is 0 Å². The average molecular weight is 342 g/mol. The standard InChI is InChI=1S/C21H30N2O2/c1-16-6-2-3-8-18(16)19-14-20(19)21(24)23-9-5-4-7-17(23)15-22-10-12-25-13-11-22/h2-3,6,8,17,19-20H,4-5,7,9-15H2,1H3/t17-,19+,20-/m1/s1. The molecular weight excluding hydrogens is 312 g/mol. The Hall–Kier alpha value is -1.39. The molecule has 1 saturated carbocycles. The van der Waals surface area contributed by atoms with Gasteiger partial charge in [-0.15, -0.1) is 0 Å². The predicted octanol–water partition coefficient (Wildman–Crippen LogP) is 2.81. The van der Waals surface area contributed by atoms with Gasteiger partial charge in [-0.1, -0.05) is 24.3 Å². The molecule has 2 aliphatic heterocycles. The van der Waals surface area contributed by atoms with Gasteiger partial charge in [0.15, 0.2) is 0 Å². The van der Waals surface area contributed by atoms with Gasteiger partial charge in [-0.05, 0) is 49.7 Å². The van der Waals surface area contributed by atoms with Crippen LogP contribution in [0.3, 0.4) is 0 Å². The third-order valence-corrected chi connectivity index (χ3v) is 6.18. The third-order valence-electron chi connectivity index (χ3n) is 6.18. The minimum absolute atomic E-state index is 0.214. The summed E-state index contributed by atoms with van der Waals surface area (Å²) >= 11 is 0. The molecule has 2 saturated heterocycles. The number of ether oxygens (including phenoxy) is 1. The largest absolute Gasteiger partial charge is 0.379 e. The fraction of sp³-hybridized carbons (Fsp3) is 0.667. The van der Waals surface area contributed by atoms with Crippen molar-refractivity contribution in [3.63, 3.8) is 0 Å². The summed E-state index contributed by atoms with van der Waals surface area (Å²) in [4.78, 5) is 17.9. The highest BCUT2D eigenvalue weighted by molar-refractivity contribution is 5.83. The molecule has 1 aliphatic carbocycles. The maximum absolute atomic E-state index is 13.2. The van der Waals surface area contributed by atoms with Gasteiger partial charge in [0, 0.05) is 38.1 Å². The van der Waals surface area contributed by atoms with Gasteiger partial charge in [0.25, 0.3) is 0 Å². The van der Waals surface area contributed by atoms with Crippen LogP contribution >= 0.6 is 0 Å². The smallest absolute Gasteiger partial charge is 0.226 e. The Morgan fingerprint density at radius 1 is 1.16 bits per heavy atom. The minimum Gasteiger partial charge on any atom is -0.379 e. The van der Waals surface area contributed by atoms with Crippen molar-refractivity contribution in [2.75, 3.05) is 39.4 Å². The molecule has 3 atom stereocenters. The molecule has 4 nitrogen and oxygen atoms in total. The summed E-state index contributed by atoms with van der Waals surface area (Å²) in [5.41, 5.74) is 2.70. The lowest BCUT2D eigenvalue weighted by atomic mass is 9.99. The van der Waals surface area contributed by atoms with Crippen LogP contribution in [0, 0.1) is 12.8 Å². The molecule has 25 heavy (non-hydrogen) atoms. The first kappa shape index (κ1) is 17.0.